The molecule has 27 heavy (non-hydrogen) atoms. The van der Waals surface area contributed by atoms with E-state index in [0.29, 0.717) is 6.42 Å². The number of hydrogen-bond acceptors (Lipinski definition) is 5. The van der Waals surface area contributed by atoms with Crippen LogP contribution in [0.25, 0.3) is 0 Å². The van der Waals surface area contributed by atoms with Crippen LogP contribution in [0.5, 0.6) is 0 Å². The second kappa shape index (κ2) is 10.8. The van der Waals surface area contributed by atoms with Crippen molar-refractivity contribution in [1.82, 2.24) is 5.32 Å². The third-order valence-electron chi connectivity index (χ3n) is 3.98. The molecule has 0 saturated carbocycles. The highest BCUT2D eigenvalue weighted by Crippen LogP contribution is 2.14. The van der Waals surface area contributed by atoms with E-state index in [9.17, 15) is 14.4 Å². The summed E-state index contributed by atoms with van der Waals surface area (Å²) in [6, 6.07) is 18.6. The van der Waals surface area contributed by atoms with Gasteiger partial charge in [0.25, 0.3) is 0 Å². The second-order valence-electron chi connectivity index (χ2n) is 6.07. The molecule has 0 aliphatic rings. The Kier molecular flexibility index (Phi) is 8.03. The molecule has 0 saturated heterocycles. The molecule has 2 aromatic rings. The van der Waals surface area contributed by atoms with Crippen LogP contribution in [-0.4, -0.2) is 31.5 Å². The summed E-state index contributed by atoms with van der Waals surface area (Å²) >= 11 is 0. The number of benzene rings is 2. The normalized spacial score (nSPS) is 11.3. The van der Waals surface area contributed by atoms with Crippen LogP contribution in [0, 0.1) is 5.92 Å². The smallest absolute Gasteiger partial charge is 0.407 e. The number of alkyl carbamates (subject to hydrolysis) is 1. The van der Waals surface area contributed by atoms with Gasteiger partial charge in [-0.2, -0.15) is 0 Å². The van der Waals surface area contributed by atoms with Gasteiger partial charge in [-0.1, -0.05) is 60.7 Å². The first-order valence-corrected chi connectivity index (χ1v) is 8.66. The lowest BCUT2D eigenvalue weighted by Crippen LogP contribution is -2.32. The van der Waals surface area contributed by atoms with Crippen molar-refractivity contribution in [2.45, 2.75) is 19.4 Å². The molecule has 1 amide bonds. The number of rotatable bonds is 9. The van der Waals surface area contributed by atoms with Gasteiger partial charge >= 0.3 is 12.1 Å². The van der Waals surface area contributed by atoms with E-state index in [2.05, 4.69) is 5.32 Å². The number of ketones is 1. The summed E-state index contributed by atoms with van der Waals surface area (Å²) in [6.07, 6.45) is -0.289. The molecule has 0 radical (unpaired) electrons. The Labute approximate surface area is 158 Å². The Morgan fingerprint density at radius 2 is 1.52 bits per heavy atom. The van der Waals surface area contributed by atoms with E-state index in [1.54, 1.807) is 0 Å². The molecule has 0 unspecified atom stereocenters. The molecule has 1 atom stereocenters. The number of hydrogen-bond donors (Lipinski definition) is 1. The van der Waals surface area contributed by atoms with Gasteiger partial charge < -0.3 is 14.8 Å². The standard InChI is InChI=1S/C21H23NO5/c1-26-20(24)18(12-16-8-4-2-5-9-16)13-19(23)14-22-21(25)27-15-17-10-6-3-7-11-17/h2-11,18H,12-15H2,1H3,(H,22,25)/t18-/m1/s1. The largest absolute Gasteiger partial charge is 0.469 e. The van der Waals surface area contributed by atoms with Crippen LogP contribution in [0.2, 0.25) is 0 Å². The van der Waals surface area contributed by atoms with Crippen molar-refractivity contribution in [2.75, 3.05) is 13.7 Å². The highest BCUT2D eigenvalue weighted by atomic mass is 16.5. The highest BCUT2D eigenvalue weighted by molar-refractivity contribution is 5.87. The van der Waals surface area contributed by atoms with Crippen molar-refractivity contribution < 1.29 is 23.9 Å². The molecule has 1 N–H and O–H groups in total. The van der Waals surface area contributed by atoms with Gasteiger partial charge in [0.05, 0.1) is 19.6 Å². The molecule has 0 bridgehead atoms. The molecule has 0 aliphatic heterocycles. The molecule has 0 fully saturated rings. The molecule has 0 heterocycles. The number of nitrogens with one attached hydrogen (secondary N) is 1. The van der Waals surface area contributed by atoms with Crippen molar-refractivity contribution >= 4 is 17.8 Å². The maximum absolute atomic E-state index is 12.2. The predicted octanol–water partition coefficient (Wildman–Crippen LogP) is 2.90. The van der Waals surface area contributed by atoms with Crippen LogP contribution in [0.3, 0.4) is 0 Å². The van der Waals surface area contributed by atoms with Crippen molar-refractivity contribution in [1.29, 1.82) is 0 Å². The lowest BCUT2D eigenvalue weighted by Gasteiger charge is -2.14. The minimum Gasteiger partial charge on any atom is -0.469 e. The fourth-order valence-electron chi connectivity index (χ4n) is 2.60. The van der Waals surface area contributed by atoms with E-state index in [1.807, 2.05) is 60.7 Å². The van der Waals surface area contributed by atoms with Crippen molar-refractivity contribution in [3.8, 4) is 0 Å². The predicted molar refractivity (Wildman–Crippen MR) is 99.9 cm³/mol. The highest BCUT2D eigenvalue weighted by Gasteiger charge is 2.23. The number of amides is 1. The average Bonchev–Trinajstić information content (AvgIpc) is 2.71. The topological polar surface area (TPSA) is 81.7 Å². The molecular formula is C21H23NO5. The Bertz CT molecular complexity index is 746. The lowest BCUT2D eigenvalue weighted by molar-refractivity contribution is -0.147. The van der Waals surface area contributed by atoms with Gasteiger partial charge in [0.15, 0.2) is 5.78 Å². The maximum atomic E-state index is 12.2. The molecule has 2 aromatic carbocycles. The van der Waals surface area contributed by atoms with Crippen LogP contribution in [-0.2, 0) is 32.1 Å². The van der Waals surface area contributed by atoms with E-state index >= 15 is 0 Å². The third kappa shape index (κ3) is 7.32. The average molecular weight is 369 g/mol. The number of ether oxygens (including phenoxy) is 2. The fraction of sp³-hybridized carbons (Fsp3) is 0.286. The van der Waals surface area contributed by atoms with E-state index in [4.69, 9.17) is 9.47 Å². The van der Waals surface area contributed by atoms with Crippen LogP contribution < -0.4 is 5.32 Å². The zero-order valence-corrected chi connectivity index (χ0v) is 15.2. The summed E-state index contributed by atoms with van der Waals surface area (Å²) in [5, 5.41) is 2.42. The fourth-order valence-corrected chi connectivity index (χ4v) is 2.60. The van der Waals surface area contributed by atoms with Gasteiger partial charge in [-0.05, 0) is 17.5 Å². The van der Waals surface area contributed by atoms with Gasteiger partial charge in [-0.25, -0.2) is 4.79 Å². The Morgan fingerprint density at radius 3 is 2.11 bits per heavy atom. The number of methoxy groups -OCH3 is 1. The summed E-state index contributed by atoms with van der Waals surface area (Å²) in [5.74, 6) is -1.30. The molecule has 6 nitrogen and oxygen atoms in total. The van der Waals surface area contributed by atoms with Crippen LogP contribution in [0.15, 0.2) is 60.7 Å². The Morgan fingerprint density at radius 1 is 0.926 bits per heavy atom. The van der Waals surface area contributed by atoms with Crippen molar-refractivity contribution in [3.63, 3.8) is 0 Å². The Hall–Kier alpha value is -3.15. The zero-order valence-electron chi connectivity index (χ0n) is 15.2. The quantitative estimate of drug-likeness (QED) is 0.688. The van der Waals surface area contributed by atoms with E-state index in [0.717, 1.165) is 11.1 Å². The summed E-state index contributed by atoms with van der Waals surface area (Å²) < 4.78 is 9.85. The molecule has 0 spiro atoms. The Balaban J connectivity index is 1.79. The number of carbonyl (C=O) groups excluding carboxylic acids is 3. The lowest BCUT2D eigenvalue weighted by atomic mass is 9.94. The van der Waals surface area contributed by atoms with Crippen LogP contribution >= 0.6 is 0 Å². The van der Waals surface area contributed by atoms with E-state index < -0.39 is 18.0 Å². The second-order valence-corrected chi connectivity index (χ2v) is 6.07. The van der Waals surface area contributed by atoms with Gasteiger partial charge in [-0.15, -0.1) is 0 Å². The first-order valence-electron chi connectivity index (χ1n) is 8.66. The minimum atomic E-state index is -0.676. The SMILES string of the molecule is COC(=O)[C@@H](CC(=O)CNC(=O)OCc1ccccc1)Cc1ccccc1. The zero-order chi connectivity index (χ0) is 19.5. The number of carbonyl (C=O) groups is 3. The first kappa shape index (κ1) is 20.2. The number of esters is 1. The van der Waals surface area contributed by atoms with Gasteiger partial charge in [-0.3, -0.25) is 9.59 Å². The molecule has 0 aliphatic carbocycles. The van der Waals surface area contributed by atoms with E-state index in [1.165, 1.54) is 7.11 Å². The summed E-state index contributed by atoms with van der Waals surface area (Å²) in [6.45, 7) is -0.0738. The third-order valence-corrected chi connectivity index (χ3v) is 3.98. The first-order chi connectivity index (χ1) is 13.1. The van der Waals surface area contributed by atoms with Crippen LogP contribution in [0.1, 0.15) is 17.5 Å². The molecule has 142 valence electrons. The summed E-state index contributed by atoms with van der Waals surface area (Å²) in [7, 11) is 1.30. The van der Waals surface area contributed by atoms with Gasteiger partial charge in [0.2, 0.25) is 0 Å². The molecule has 2 rings (SSSR count). The molecule has 6 heteroatoms. The van der Waals surface area contributed by atoms with Crippen LogP contribution in [0.4, 0.5) is 4.79 Å². The summed E-state index contributed by atoms with van der Waals surface area (Å²) in [4.78, 5) is 35.8. The van der Waals surface area contributed by atoms with Crippen molar-refractivity contribution in [3.05, 3.63) is 71.8 Å². The monoisotopic (exact) mass is 369 g/mol. The van der Waals surface area contributed by atoms with E-state index in [-0.39, 0.29) is 25.4 Å². The molecule has 0 aromatic heterocycles. The minimum absolute atomic E-state index is 0.0134. The maximum Gasteiger partial charge on any atom is 0.407 e. The number of Topliss-reactive ketones (excluding diaryl/α,β-unsaturated/α-hetero) is 1. The summed E-state index contributed by atoms with van der Waals surface area (Å²) in [5.41, 5.74) is 1.79. The van der Waals surface area contributed by atoms with Crippen molar-refractivity contribution in [2.24, 2.45) is 5.92 Å². The van der Waals surface area contributed by atoms with Gasteiger partial charge in [0.1, 0.15) is 6.61 Å². The molecular weight excluding hydrogens is 346 g/mol. The van der Waals surface area contributed by atoms with Gasteiger partial charge in [0, 0.05) is 6.42 Å².